The number of hydrogen-bond acceptors (Lipinski definition) is 4. The van der Waals surface area contributed by atoms with E-state index < -0.39 is 6.04 Å². The molecular weight excluding hydrogens is 252 g/mol. The van der Waals surface area contributed by atoms with E-state index in [4.69, 9.17) is 0 Å². The summed E-state index contributed by atoms with van der Waals surface area (Å²) in [6.45, 7) is 3.50. The lowest BCUT2D eigenvalue weighted by molar-refractivity contribution is -0.127. The molecule has 0 aliphatic heterocycles. The maximum Gasteiger partial charge on any atom is 0.243 e. The Morgan fingerprint density at radius 1 is 1.11 bits per heavy atom. The van der Waals surface area contributed by atoms with Crippen LogP contribution in [0.4, 0.5) is 0 Å². The molecule has 5 nitrogen and oxygen atoms in total. The van der Waals surface area contributed by atoms with Crippen LogP contribution in [0.1, 0.15) is 39.5 Å². The minimum absolute atomic E-state index is 0.194. The summed E-state index contributed by atoms with van der Waals surface area (Å²) in [5, 5.41) is 5.26. The molecule has 0 rings (SSSR count). The van der Waals surface area contributed by atoms with Crippen LogP contribution in [-0.4, -0.2) is 35.9 Å². The van der Waals surface area contributed by atoms with Gasteiger partial charge < -0.3 is 15.4 Å². The first kappa shape index (κ1) is 17.0. The second kappa shape index (κ2) is 9.94. The lowest BCUT2D eigenvalue weighted by atomic mass is 10.1. The summed E-state index contributed by atoms with van der Waals surface area (Å²) in [6.07, 6.45) is 3.19. The topological polar surface area (TPSA) is 75.3 Å². The van der Waals surface area contributed by atoms with E-state index in [0.29, 0.717) is 13.0 Å². The minimum Gasteiger partial charge on any atom is -0.354 e. The molecule has 18 heavy (non-hydrogen) atoms. The van der Waals surface area contributed by atoms with E-state index in [2.05, 4.69) is 23.3 Å². The van der Waals surface area contributed by atoms with Crippen molar-refractivity contribution in [3.63, 3.8) is 0 Å². The maximum atomic E-state index is 11.6. The van der Waals surface area contributed by atoms with Crippen LogP contribution in [0.15, 0.2) is 0 Å². The average molecular weight is 274 g/mol. The van der Waals surface area contributed by atoms with Crippen molar-refractivity contribution in [1.82, 2.24) is 10.6 Å². The van der Waals surface area contributed by atoms with E-state index in [1.54, 1.807) is 6.92 Å². The lowest BCUT2D eigenvalue weighted by Gasteiger charge is -2.15. The highest BCUT2D eigenvalue weighted by Crippen LogP contribution is 1.99. The SMILES string of the molecule is CC(=O)CCCCCNC(=O)[C@@H](CS)NC(C)=O. The van der Waals surface area contributed by atoms with Gasteiger partial charge in [-0.05, 0) is 19.8 Å². The van der Waals surface area contributed by atoms with Crippen LogP contribution in [0, 0.1) is 0 Å². The van der Waals surface area contributed by atoms with Gasteiger partial charge in [-0.15, -0.1) is 0 Å². The largest absolute Gasteiger partial charge is 0.354 e. The third-order valence-electron chi connectivity index (χ3n) is 2.38. The van der Waals surface area contributed by atoms with Gasteiger partial charge >= 0.3 is 0 Å². The van der Waals surface area contributed by atoms with E-state index in [1.165, 1.54) is 6.92 Å². The third kappa shape index (κ3) is 9.04. The number of carbonyl (C=O) groups excluding carboxylic acids is 3. The van der Waals surface area contributed by atoms with Crippen LogP contribution >= 0.6 is 12.6 Å². The Hall–Kier alpha value is -1.04. The molecule has 0 radical (unpaired) electrons. The third-order valence-corrected chi connectivity index (χ3v) is 2.75. The Balaban J connectivity index is 3.68. The van der Waals surface area contributed by atoms with Crippen molar-refractivity contribution in [3.8, 4) is 0 Å². The van der Waals surface area contributed by atoms with Gasteiger partial charge in [-0.3, -0.25) is 9.59 Å². The molecule has 0 saturated heterocycles. The quantitative estimate of drug-likeness (QED) is 0.428. The molecule has 0 saturated carbocycles. The van der Waals surface area contributed by atoms with Crippen LogP contribution in [0.3, 0.4) is 0 Å². The van der Waals surface area contributed by atoms with Crippen LogP contribution in [0.2, 0.25) is 0 Å². The highest BCUT2D eigenvalue weighted by molar-refractivity contribution is 7.80. The van der Waals surface area contributed by atoms with Gasteiger partial charge in [0.2, 0.25) is 11.8 Å². The Morgan fingerprint density at radius 3 is 2.28 bits per heavy atom. The normalized spacial score (nSPS) is 11.7. The zero-order valence-electron chi connectivity index (χ0n) is 11.0. The standard InChI is InChI=1S/C12H22N2O3S/c1-9(15)6-4-3-5-7-13-12(17)11(8-18)14-10(2)16/h11,18H,3-8H2,1-2H3,(H,13,17)(H,14,16)/t11-/m1/s1. The summed E-state index contributed by atoms with van der Waals surface area (Å²) in [5.74, 6) is 0.00713. The van der Waals surface area contributed by atoms with E-state index in [1.807, 2.05) is 0 Å². The molecule has 0 aliphatic rings. The fourth-order valence-electron chi connectivity index (χ4n) is 1.45. The Morgan fingerprint density at radius 2 is 1.78 bits per heavy atom. The van der Waals surface area contributed by atoms with Gasteiger partial charge in [0.15, 0.2) is 0 Å². The van der Waals surface area contributed by atoms with Gasteiger partial charge in [0, 0.05) is 25.6 Å². The number of carbonyl (C=O) groups is 3. The Labute approximate surface area is 113 Å². The maximum absolute atomic E-state index is 11.6. The molecule has 0 unspecified atom stereocenters. The van der Waals surface area contributed by atoms with E-state index in [9.17, 15) is 14.4 Å². The van der Waals surface area contributed by atoms with Crippen molar-refractivity contribution in [2.24, 2.45) is 0 Å². The lowest BCUT2D eigenvalue weighted by Crippen LogP contribution is -2.47. The van der Waals surface area contributed by atoms with Crippen LogP contribution < -0.4 is 10.6 Å². The van der Waals surface area contributed by atoms with Crippen molar-refractivity contribution in [1.29, 1.82) is 0 Å². The molecular formula is C12H22N2O3S. The molecule has 0 aliphatic carbocycles. The summed E-state index contributed by atoms with van der Waals surface area (Å²) in [5.41, 5.74) is 0. The monoisotopic (exact) mass is 274 g/mol. The van der Waals surface area contributed by atoms with Crippen molar-refractivity contribution in [3.05, 3.63) is 0 Å². The van der Waals surface area contributed by atoms with Gasteiger partial charge in [-0.1, -0.05) is 6.42 Å². The second-order valence-electron chi connectivity index (χ2n) is 4.24. The molecule has 2 amide bonds. The van der Waals surface area contributed by atoms with Crippen LogP contribution in [0.5, 0.6) is 0 Å². The summed E-state index contributed by atoms with van der Waals surface area (Å²) >= 11 is 4.02. The predicted molar refractivity (Wildman–Crippen MR) is 73.6 cm³/mol. The molecule has 0 spiro atoms. The number of amides is 2. The minimum atomic E-state index is -0.581. The number of ketones is 1. The van der Waals surface area contributed by atoms with Crippen LogP contribution in [-0.2, 0) is 14.4 Å². The summed E-state index contributed by atoms with van der Waals surface area (Å²) in [7, 11) is 0. The van der Waals surface area contributed by atoms with E-state index >= 15 is 0 Å². The second-order valence-corrected chi connectivity index (χ2v) is 4.60. The molecule has 1 atom stereocenters. The first-order valence-corrected chi connectivity index (χ1v) is 6.75. The highest BCUT2D eigenvalue weighted by atomic mass is 32.1. The molecule has 0 bridgehead atoms. The van der Waals surface area contributed by atoms with Crippen molar-refractivity contribution in [2.75, 3.05) is 12.3 Å². The summed E-state index contributed by atoms with van der Waals surface area (Å²) in [6, 6.07) is -0.581. The van der Waals surface area contributed by atoms with Gasteiger partial charge in [0.05, 0.1) is 0 Å². The summed E-state index contributed by atoms with van der Waals surface area (Å²) in [4.78, 5) is 33.2. The van der Waals surface area contributed by atoms with Crippen LogP contribution in [0.25, 0.3) is 0 Å². The number of hydrogen-bond donors (Lipinski definition) is 3. The molecule has 104 valence electrons. The number of unbranched alkanes of at least 4 members (excludes halogenated alkanes) is 2. The Bertz CT molecular complexity index is 295. The predicted octanol–water partition coefficient (Wildman–Crippen LogP) is 0.687. The molecule has 6 heteroatoms. The highest BCUT2D eigenvalue weighted by Gasteiger charge is 2.16. The fourth-order valence-corrected chi connectivity index (χ4v) is 1.71. The molecule has 0 fully saturated rings. The van der Waals surface area contributed by atoms with E-state index in [-0.39, 0.29) is 23.4 Å². The number of thiol groups is 1. The van der Waals surface area contributed by atoms with Gasteiger partial charge in [0.25, 0.3) is 0 Å². The Kier molecular flexibility index (Phi) is 9.36. The molecule has 2 N–H and O–H groups in total. The molecule has 0 aromatic rings. The first-order valence-electron chi connectivity index (χ1n) is 6.12. The van der Waals surface area contributed by atoms with Gasteiger partial charge in [0.1, 0.15) is 11.8 Å². The number of Topliss-reactive ketones (excluding diaryl/α,β-unsaturated/α-hetero) is 1. The molecule has 0 aromatic carbocycles. The van der Waals surface area contributed by atoms with Crippen molar-refractivity contribution >= 4 is 30.2 Å². The number of nitrogens with one attached hydrogen (secondary N) is 2. The molecule has 0 heterocycles. The van der Waals surface area contributed by atoms with Gasteiger partial charge in [-0.2, -0.15) is 12.6 Å². The summed E-state index contributed by atoms with van der Waals surface area (Å²) < 4.78 is 0. The zero-order valence-corrected chi connectivity index (χ0v) is 11.9. The first-order chi connectivity index (χ1) is 8.47. The number of rotatable bonds is 9. The van der Waals surface area contributed by atoms with Gasteiger partial charge in [-0.25, -0.2) is 0 Å². The zero-order chi connectivity index (χ0) is 14.0. The van der Waals surface area contributed by atoms with Crippen molar-refractivity contribution < 1.29 is 14.4 Å². The molecule has 0 aromatic heterocycles. The average Bonchev–Trinajstić information content (AvgIpc) is 2.29. The smallest absolute Gasteiger partial charge is 0.243 e. The van der Waals surface area contributed by atoms with Crippen molar-refractivity contribution in [2.45, 2.75) is 45.6 Å². The van der Waals surface area contributed by atoms with E-state index in [0.717, 1.165) is 19.3 Å². The fraction of sp³-hybridized carbons (Fsp3) is 0.750.